The summed E-state index contributed by atoms with van der Waals surface area (Å²) >= 11 is 3.35. The number of carbonyl (C=O) groups is 1. The summed E-state index contributed by atoms with van der Waals surface area (Å²) in [4.78, 5) is 14.0. The Kier molecular flexibility index (Phi) is 6.20. The van der Waals surface area contributed by atoms with Crippen LogP contribution in [0.15, 0.2) is 46.9 Å². The van der Waals surface area contributed by atoms with Gasteiger partial charge >= 0.3 is 6.03 Å². The summed E-state index contributed by atoms with van der Waals surface area (Å²) in [5.74, 6) is 0.399. The normalized spacial score (nSPS) is 11.7. The van der Waals surface area contributed by atoms with Crippen LogP contribution in [0.25, 0.3) is 0 Å². The third kappa shape index (κ3) is 4.26. The lowest BCUT2D eigenvalue weighted by Crippen LogP contribution is -2.38. The fraction of sp³-hybridized carbons (Fsp3) is 0.278. The molecule has 1 N–H and O–H groups in total. The highest BCUT2D eigenvalue weighted by atomic mass is 79.9. The Morgan fingerprint density at radius 2 is 2.04 bits per heavy atom. The zero-order valence-electron chi connectivity index (χ0n) is 13.8. The Balaban J connectivity index is 2.05. The number of hydrogen-bond donors (Lipinski definition) is 1. The molecule has 2 aromatic carbocycles. The minimum absolute atomic E-state index is 0.169. The smallest absolute Gasteiger partial charge is 0.317 e. The highest BCUT2D eigenvalue weighted by molar-refractivity contribution is 9.10. The number of hydrogen-bond acceptors (Lipinski definition) is 2. The predicted molar refractivity (Wildman–Crippen MR) is 95.5 cm³/mol. The molecule has 0 aromatic heterocycles. The Morgan fingerprint density at radius 1 is 1.33 bits per heavy atom. The monoisotopic (exact) mass is 394 g/mol. The average Bonchev–Trinajstić information content (AvgIpc) is 2.60. The number of benzene rings is 2. The molecule has 2 rings (SSSR count). The first kappa shape index (κ1) is 18.3. The van der Waals surface area contributed by atoms with Crippen molar-refractivity contribution in [2.45, 2.75) is 19.5 Å². The number of nitrogens with zero attached hydrogens (tertiary/aromatic N) is 1. The maximum Gasteiger partial charge on any atom is 0.317 e. The molecule has 0 radical (unpaired) electrons. The number of ether oxygens (including phenoxy) is 1. The summed E-state index contributed by atoms with van der Waals surface area (Å²) in [7, 11) is 3.32. The Hall–Kier alpha value is -2.08. The van der Waals surface area contributed by atoms with Crippen LogP contribution >= 0.6 is 15.9 Å². The maximum absolute atomic E-state index is 13.3. The van der Waals surface area contributed by atoms with Gasteiger partial charge in [-0.1, -0.05) is 34.1 Å². The molecule has 0 fully saturated rings. The van der Waals surface area contributed by atoms with Gasteiger partial charge in [0.1, 0.15) is 11.6 Å². The third-order valence-corrected chi connectivity index (χ3v) is 4.70. The largest absolute Gasteiger partial charge is 0.496 e. The van der Waals surface area contributed by atoms with Gasteiger partial charge in [0.05, 0.1) is 13.2 Å². The molecule has 0 aliphatic carbocycles. The molecule has 6 heteroatoms. The van der Waals surface area contributed by atoms with Gasteiger partial charge in [0.15, 0.2) is 0 Å². The van der Waals surface area contributed by atoms with E-state index in [4.69, 9.17) is 4.74 Å². The highest BCUT2D eigenvalue weighted by Crippen LogP contribution is 2.28. The van der Waals surface area contributed by atoms with E-state index >= 15 is 0 Å². The van der Waals surface area contributed by atoms with Crippen molar-refractivity contribution in [1.82, 2.24) is 10.2 Å². The van der Waals surface area contributed by atoms with Gasteiger partial charge in [0, 0.05) is 23.6 Å². The fourth-order valence-electron chi connectivity index (χ4n) is 2.37. The molecular weight excluding hydrogens is 375 g/mol. The van der Waals surface area contributed by atoms with Crippen molar-refractivity contribution in [2.75, 3.05) is 14.2 Å². The highest BCUT2D eigenvalue weighted by Gasteiger charge is 2.20. The Labute approximate surface area is 149 Å². The zero-order valence-corrected chi connectivity index (χ0v) is 15.4. The van der Waals surface area contributed by atoms with E-state index in [2.05, 4.69) is 21.2 Å². The second-order valence-corrected chi connectivity index (χ2v) is 6.28. The molecule has 1 atom stereocenters. The molecule has 0 aliphatic heterocycles. The maximum atomic E-state index is 13.3. The second-order valence-electron chi connectivity index (χ2n) is 5.42. The fourth-order valence-corrected chi connectivity index (χ4v) is 2.76. The summed E-state index contributed by atoms with van der Waals surface area (Å²) in [6, 6.07) is 11.6. The number of methoxy groups -OCH3 is 1. The van der Waals surface area contributed by atoms with E-state index < -0.39 is 0 Å². The lowest BCUT2D eigenvalue weighted by Gasteiger charge is -2.27. The van der Waals surface area contributed by atoms with Crippen LogP contribution in [-0.4, -0.2) is 25.1 Å². The van der Waals surface area contributed by atoms with Gasteiger partial charge in [-0.25, -0.2) is 9.18 Å². The van der Waals surface area contributed by atoms with Crippen LogP contribution in [0.2, 0.25) is 0 Å². The lowest BCUT2D eigenvalue weighted by molar-refractivity contribution is 0.193. The lowest BCUT2D eigenvalue weighted by atomic mass is 10.1. The molecule has 128 valence electrons. The van der Waals surface area contributed by atoms with Crippen LogP contribution in [0.4, 0.5) is 9.18 Å². The molecule has 2 aromatic rings. The first-order valence-corrected chi connectivity index (χ1v) is 8.30. The summed E-state index contributed by atoms with van der Waals surface area (Å²) in [6.07, 6.45) is 0. The number of rotatable bonds is 5. The van der Waals surface area contributed by atoms with E-state index in [0.29, 0.717) is 5.56 Å². The molecule has 0 spiro atoms. The van der Waals surface area contributed by atoms with Gasteiger partial charge < -0.3 is 15.0 Å². The summed E-state index contributed by atoms with van der Waals surface area (Å²) in [6.45, 7) is 2.16. The van der Waals surface area contributed by atoms with Crippen molar-refractivity contribution >= 4 is 22.0 Å². The molecule has 0 bridgehead atoms. The zero-order chi connectivity index (χ0) is 17.7. The summed E-state index contributed by atoms with van der Waals surface area (Å²) < 4.78 is 19.4. The van der Waals surface area contributed by atoms with E-state index in [0.717, 1.165) is 15.8 Å². The SMILES string of the molecule is COc1ccccc1C(C)N(C)C(=O)NCc1cc(F)ccc1Br. The molecule has 1 unspecified atom stereocenters. The molecule has 0 saturated carbocycles. The summed E-state index contributed by atoms with van der Waals surface area (Å²) in [5.41, 5.74) is 1.60. The third-order valence-electron chi connectivity index (χ3n) is 3.93. The topological polar surface area (TPSA) is 41.6 Å². The van der Waals surface area contributed by atoms with E-state index in [1.54, 1.807) is 25.1 Å². The molecule has 4 nitrogen and oxygen atoms in total. The van der Waals surface area contributed by atoms with E-state index in [1.165, 1.54) is 12.1 Å². The quantitative estimate of drug-likeness (QED) is 0.810. The Bertz CT molecular complexity index is 724. The van der Waals surface area contributed by atoms with Gasteiger partial charge in [-0.15, -0.1) is 0 Å². The van der Waals surface area contributed by atoms with Gasteiger partial charge in [-0.3, -0.25) is 0 Å². The second kappa shape index (κ2) is 8.15. The molecule has 0 heterocycles. The first-order valence-electron chi connectivity index (χ1n) is 7.51. The van der Waals surface area contributed by atoms with Crippen LogP contribution in [0.5, 0.6) is 5.75 Å². The molecule has 24 heavy (non-hydrogen) atoms. The van der Waals surface area contributed by atoms with Crippen molar-refractivity contribution in [2.24, 2.45) is 0 Å². The Morgan fingerprint density at radius 3 is 2.75 bits per heavy atom. The van der Waals surface area contributed by atoms with Crippen LogP contribution in [0.3, 0.4) is 0 Å². The summed E-state index contributed by atoms with van der Waals surface area (Å²) in [5, 5.41) is 2.80. The van der Waals surface area contributed by atoms with Gasteiger partial charge in [0.2, 0.25) is 0 Å². The number of para-hydroxylation sites is 1. The van der Waals surface area contributed by atoms with Crippen molar-refractivity contribution in [3.63, 3.8) is 0 Å². The number of amides is 2. The predicted octanol–water partition coefficient (Wildman–Crippen LogP) is 4.50. The van der Waals surface area contributed by atoms with E-state index in [-0.39, 0.29) is 24.4 Å². The van der Waals surface area contributed by atoms with Crippen LogP contribution < -0.4 is 10.1 Å². The van der Waals surface area contributed by atoms with E-state index in [1.807, 2.05) is 31.2 Å². The van der Waals surface area contributed by atoms with Gasteiger partial charge in [0.25, 0.3) is 0 Å². The van der Waals surface area contributed by atoms with Gasteiger partial charge in [-0.2, -0.15) is 0 Å². The average molecular weight is 395 g/mol. The molecule has 0 saturated heterocycles. The minimum atomic E-state index is -0.335. The van der Waals surface area contributed by atoms with Crippen LogP contribution in [0, 0.1) is 5.82 Å². The van der Waals surface area contributed by atoms with E-state index in [9.17, 15) is 9.18 Å². The standard InChI is InChI=1S/C18H20BrFN2O2/c1-12(15-6-4-5-7-17(15)24-3)22(2)18(23)21-11-13-10-14(20)8-9-16(13)19/h4-10,12H,11H2,1-3H3,(H,21,23). The van der Waals surface area contributed by atoms with Crippen molar-refractivity contribution in [3.05, 3.63) is 63.9 Å². The minimum Gasteiger partial charge on any atom is -0.496 e. The van der Waals surface area contributed by atoms with Gasteiger partial charge in [-0.05, 0) is 36.8 Å². The number of halogens is 2. The number of carbonyl (C=O) groups excluding carboxylic acids is 1. The van der Waals surface area contributed by atoms with Crippen LogP contribution in [0.1, 0.15) is 24.1 Å². The molecule has 0 aliphatic rings. The number of nitrogens with one attached hydrogen (secondary N) is 1. The van der Waals surface area contributed by atoms with Crippen LogP contribution in [-0.2, 0) is 6.54 Å². The first-order chi connectivity index (χ1) is 11.4. The molecule has 2 amide bonds. The van der Waals surface area contributed by atoms with Crippen molar-refractivity contribution < 1.29 is 13.9 Å². The number of urea groups is 1. The molecular formula is C18H20BrFN2O2. The van der Waals surface area contributed by atoms with Crippen molar-refractivity contribution in [3.8, 4) is 5.75 Å². The van der Waals surface area contributed by atoms with Crippen molar-refractivity contribution in [1.29, 1.82) is 0 Å².